The molecule has 2 aromatic carbocycles. The molecule has 0 fully saturated rings. The van der Waals surface area contributed by atoms with Gasteiger partial charge < -0.3 is 24.8 Å². The number of nitrogens with zero attached hydrogens (tertiary/aromatic N) is 3. The highest BCUT2D eigenvalue weighted by Crippen LogP contribution is 2.34. The number of rotatable bonds is 12. The Bertz CT molecular complexity index is 1200. The Morgan fingerprint density at radius 3 is 2.62 bits per heavy atom. The highest BCUT2D eigenvalue weighted by Gasteiger charge is 2.12. The summed E-state index contributed by atoms with van der Waals surface area (Å²) in [7, 11) is 1.68. The Morgan fingerprint density at radius 2 is 1.79 bits per heavy atom. The lowest BCUT2D eigenvalue weighted by Gasteiger charge is -2.14. The third kappa shape index (κ3) is 6.32. The summed E-state index contributed by atoms with van der Waals surface area (Å²) in [5.74, 6) is 1.91. The van der Waals surface area contributed by atoms with Gasteiger partial charge in [0.1, 0.15) is 36.9 Å². The van der Waals surface area contributed by atoms with Crippen molar-refractivity contribution in [3.63, 3.8) is 0 Å². The minimum atomic E-state index is 0.338. The van der Waals surface area contributed by atoms with E-state index >= 15 is 0 Å². The molecule has 0 radical (unpaired) electrons. The molecule has 4 rings (SSSR count). The van der Waals surface area contributed by atoms with Crippen LogP contribution in [-0.2, 0) is 11.3 Å². The second kappa shape index (κ2) is 12.1. The SMILES string of the molecule is COCCNCCOc1cccc2ncnc(Nc3ccc(OCc4ccccn4)c(Cl)c3)c12. The first-order valence-electron chi connectivity index (χ1n) is 10.9. The molecule has 9 heteroatoms. The maximum atomic E-state index is 6.47. The van der Waals surface area contributed by atoms with Crippen molar-refractivity contribution >= 4 is 34.0 Å². The third-order valence-corrected chi connectivity index (χ3v) is 5.24. The highest BCUT2D eigenvalue weighted by molar-refractivity contribution is 6.32. The number of methoxy groups -OCH3 is 1. The lowest BCUT2D eigenvalue weighted by atomic mass is 10.2. The van der Waals surface area contributed by atoms with Crippen LogP contribution in [0.1, 0.15) is 5.69 Å². The molecule has 0 saturated heterocycles. The van der Waals surface area contributed by atoms with Crippen LogP contribution in [0, 0.1) is 0 Å². The number of halogens is 1. The lowest BCUT2D eigenvalue weighted by molar-refractivity contribution is 0.197. The summed E-state index contributed by atoms with van der Waals surface area (Å²) in [5, 5.41) is 7.88. The van der Waals surface area contributed by atoms with Crippen LogP contribution < -0.4 is 20.1 Å². The molecule has 2 heterocycles. The Morgan fingerprint density at radius 1 is 0.882 bits per heavy atom. The van der Waals surface area contributed by atoms with Crippen LogP contribution in [0.3, 0.4) is 0 Å². The summed E-state index contributed by atoms with van der Waals surface area (Å²) in [4.78, 5) is 13.1. The summed E-state index contributed by atoms with van der Waals surface area (Å²) in [6.45, 7) is 2.97. The largest absolute Gasteiger partial charge is 0.491 e. The molecule has 0 atom stereocenters. The van der Waals surface area contributed by atoms with Crippen molar-refractivity contribution in [2.45, 2.75) is 6.61 Å². The summed E-state index contributed by atoms with van der Waals surface area (Å²) in [5.41, 5.74) is 2.38. The zero-order chi connectivity index (χ0) is 23.6. The first-order valence-corrected chi connectivity index (χ1v) is 11.3. The molecule has 2 N–H and O–H groups in total. The third-order valence-electron chi connectivity index (χ3n) is 4.94. The number of hydrogen-bond acceptors (Lipinski definition) is 8. The van der Waals surface area contributed by atoms with Gasteiger partial charge in [0.25, 0.3) is 0 Å². The van der Waals surface area contributed by atoms with E-state index in [0.29, 0.717) is 48.7 Å². The number of nitrogens with one attached hydrogen (secondary N) is 2. The maximum absolute atomic E-state index is 6.47. The van der Waals surface area contributed by atoms with E-state index in [2.05, 4.69) is 25.6 Å². The monoisotopic (exact) mass is 479 g/mol. The molecule has 0 aliphatic rings. The normalized spacial score (nSPS) is 10.9. The summed E-state index contributed by atoms with van der Waals surface area (Å²) in [6, 6.07) is 16.9. The van der Waals surface area contributed by atoms with Gasteiger partial charge in [0.05, 0.1) is 28.2 Å². The minimum absolute atomic E-state index is 0.338. The molecule has 0 amide bonds. The van der Waals surface area contributed by atoms with Crippen molar-refractivity contribution in [2.24, 2.45) is 0 Å². The fourth-order valence-corrected chi connectivity index (χ4v) is 3.53. The smallest absolute Gasteiger partial charge is 0.145 e. The van der Waals surface area contributed by atoms with Crippen LogP contribution in [0.5, 0.6) is 11.5 Å². The van der Waals surface area contributed by atoms with E-state index in [1.165, 1.54) is 6.33 Å². The van der Waals surface area contributed by atoms with Crippen LogP contribution in [0.25, 0.3) is 10.9 Å². The van der Waals surface area contributed by atoms with E-state index in [1.807, 2.05) is 48.5 Å². The number of ether oxygens (including phenoxy) is 3. The molecule has 176 valence electrons. The molecule has 0 unspecified atom stereocenters. The van der Waals surface area contributed by atoms with E-state index in [1.54, 1.807) is 19.4 Å². The first kappa shape index (κ1) is 23.7. The van der Waals surface area contributed by atoms with E-state index in [-0.39, 0.29) is 0 Å². The molecule has 4 aromatic rings. The molecule has 2 aromatic heterocycles. The van der Waals surface area contributed by atoms with Crippen molar-refractivity contribution in [1.29, 1.82) is 0 Å². The van der Waals surface area contributed by atoms with Crippen molar-refractivity contribution in [2.75, 3.05) is 38.7 Å². The van der Waals surface area contributed by atoms with E-state index < -0.39 is 0 Å². The second-order valence-corrected chi connectivity index (χ2v) is 7.75. The van der Waals surface area contributed by atoms with Crippen LogP contribution in [0.4, 0.5) is 11.5 Å². The average Bonchev–Trinajstić information content (AvgIpc) is 2.86. The van der Waals surface area contributed by atoms with Gasteiger partial charge in [0.2, 0.25) is 0 Å². The predicted octanol–water partition coefficient (Wildman–Crippen LogP) is 4.62. The number of anilines is 2. The van der Waals surface area contributed by atoms with Crippen molar-refractivity contribution in [1.82, 2.24) is 20.3 Å². The number of benzene rings is 2. The summed E-state index contributed by atoms with van der Waals surface area (Å²) >= 11 is 6.47. The highest BCUT2D eigenvalue weighted by atomic mass is 35.5. The van der Waals surface area contributed by atoms with Gasteiger partial charge >= 0.3 is 0 Å². The Labute approximate surface area is 203 Å². The predicted molar refractivity (Wildman–Crippen MR) is 133 cm³/mol. The van der Waals surface area contributed by atoms with Crippen molar-refractivity contribution in [3.8, 4) is 11.5 Å². The van der Waals surface area contributed by atoms with Gasteiger partial charge in [-0.1, -0.05) is 23.7 Å². The Hall–Kier alpha value is -3.46. The summed E-state index contributed by atoms with van der Waals surface area (Å²) in [6.07, 6.45) is 3.25. The van der Waals surface area contributed by atoms with E-state index in [9.17, 15) is 0 Å². The molecule has 0 saturated carbocycles. The Kier molecular flexibility index (Phi) is 8.45. The molecule has 0 aliphatic heterocycles. The first-order chi connectivity index (χ1) is 16.7. The van der Waals surface area contributed by atoms with Crippen molar-refractivity contribution in [3.05, 3.63) is 77.8 Å². The van der Waals surface area contributed by atoms with Gasteiger partial charge in [0, 0.05) is 32.1 Å². The standard InChI is InChI=1S/C25H26ClN5O3/c1-32-13-11-27-12-14-33-23-7-4-6-21-24(23)25(30-17-29-21)31-18-8-9-22(20(26)15-18)34-16-19-5-2-3-10-28-19/h2-10,15,17,27H,11-14,16H2,1H3,(H,29,30,31). The minimum Gasteiger partial charge on any atom is -0.491 e. The van der Waals surface area contributed by atoms with E-state index in [0.717, 1.165) is 28.8 Å². The molecule has 0 spiro atoms. The van der Waals surface area contributed by atoms with Gasteiger partial charge in [-0.25, -0.2) is 9.97 Å². The van der Waals surface area contributed by atoms with Crippen LogP contribution in [0.15, 0.2) is 67.1 Å². The van der Waals surface area contributed by atoms with Gasteiger partial charge in [-0.15, -0.1) is 0 Å². The fraction of sp³-hybridized carbons (Fsp3) is 0.240. The van der Waals surface area contributed by atoms with Gasteiger partial charge in [-0.2, -0.15) is 0 Å². The molecular formula is C25H26ClN5O3. The zero-order valence-electron chi connectivity index (χ0n) is 18.8. The van der Waals surface area contributed by atoms with Crippen molar-refractivity contribution < 1.29 is 14.2 Å². The molecule has 34 heavy (non-hydrogen) atoms. The quantitative estimate of drug-likeness (QED) is 0.284. The molecule has 8 nitrogen and oxygen atoms in total. The average molecular weight is 480 g/mol. The number of fused-ring (bicyclic) bond motifs is 1. The lowest BCUT2D eigenvalue weighted by Crippen LogP contribution is -2.24. The second-order valence-electron chi connectivity index (χ2n) is 7.34. The number of pyridine rings is 1. The molecule has 0 bridgehead atoms. The van der Waals surface area contributed by atoms with Crippen LogP contribution >= 0.6 is 11.6 Å². The van der Waals surface area contributed by atoms with Crippen LogP contribution in [0.2, 0.25) is 5.02 Å². The zero-order valence-corrected chi connectivity index (χ0v) is 19.6. The van der Waals surface area contributed by atoms with Gasteiger partial charge in [-0.05, 0) is 42.5 Å². The van der Waals surface area contributed by atoms with Gasteiger partial charge in [0.15, 0.2) is 0 Å². The topological polar surface area (TPSA) is 90.4 Å². The van der Waals surface area contributed by atoms with Crippen LogP contribution in [-0.4, -0.2) is 48.4 Å². The van der Waals surface area contributed by atoms with E-state index in [4.69, 9.17) is 25.8 Å². The molecular weight excluding hydrogens is 454 g/mol. The number of aromatic nitrogens is 3. The summed E-state index contributed by atoms with van der Waals surface area (Å²) < 4.78 is 16.9. The Balaban J connectivity index is 1.46. The molecule has 0 aliphatic carbocycles. The number of hydrogen-bond donors (Lipinski definition) is 2. The maximum Gasteiger partial charge on any atom is 0.145 e. The fourth-order valence-electron chi connectivity index (χ4n) is 3.29. The van der Waals surface area contributed by atoms with Gasteiger partial charge in [-0.3, -0.25) is 4.98 Å².